The van der Waals surface area contributed by atoms with Gasteiger partial charge < -0.3 is 15.7 Å². The summed E-state index contributed by atoms with van der Waals surface area (Å²) >= 11 is 0. The maximum absolute atomic E-state index is 11.2. The van der Waals surface area contributed by atoms with Crippen LogP contribution in [-0.2, 0) is 4.79 Å². The molecule has 106 valence electrons. The van der Waals surface area contributed by atoms with E-state index in [1.165, 1.54) is 0 Å². The van der Waals surface area contributed by atoms with Crippen LogP contribution in [0.5, 0.6) is 0 Å². The number of primary amides is 1. The summed E-state index contributed by atoms with van der Waals surface area (Å²) < 4.78 is 0. The average molecular weight is 280 g/mol. The van der Waals surface area contributed by atoms with Gasteiger partial charge >= 0.3 is 5.97 Å². The molecule has 3 N–H and O–H groups in total. The normalized spacial score (nSPS) is 18.0. The van der Waals surface area contributed by atoms with Gasteiger partial charge in [0.25, 0.3) is 5.69 Å². The van der Waals surface area contributed by atoms with Gasteiger partial charge in [-0.25, -0.2) is 9.78 Å². The van der Waals surface area contributed by atoms with Gasteiger partial charge in [0.1, 0.15) is 17.6 Å². The van der Waals surface area contributed by atoms with Gasteiger partial charge in [0.15, 0.2) is 0 Å². The Hall–Kier alpha value is -2.71. The molecule has 0 bridgehead atoms. The first-order chi connectivity index (χ1) is 9.40. The lowest BCUT2D eigenvalue weighted by molar-refractivity contribution is -0.385. The van der Waals surface area contributed by atoms with Crippen LogP contribution >= 0.6 is 0 Å². The van der Waals surface area contributed by atoms with E-state index < -0.39 is 22.5 Å². The smallest absolute Gasteiger partial charge is 0.339 e. The Labute approximate surface area is 113 Å². The highest BCUT2D eigenvalue weighted by Gasteiger charge is 2.30. The number of anilines is 1. The predicted molar refractivity (Wildman–Crippen MR) is 67.4 cm³/mol. The Kier molecular flexibility index (Phi) is 3.51. The van der Waals surface area contributed by atoms with E-state index in [1.54, 1.807) is 4.90 Å². The van der Waals surface area contributed by atoms with E-state index in [0.29, 0.717) is 13.0 Å². The minimum atomic E-state index is -1.31. The number of aromatic carboxylic acids is 1. The number of pyridine rings is 1. The Morgan fingerprint density at radius 1 is 1.55 bits per heavy atom. The molecule has 1 aliphatic rings. The van der Waals surface area contributed by atoms with Gasteiger partial charge in [-0.2, -0.15) is 0 Å². The highest BCUT2D eigenvalue weighted by molar-refractivity contribution is 5.94. The molecule has 0 spiro atoms. The number of aromatic nitrogens is 1. The van der Waals surface area contributed by atoms with E-state index in [2.05, 4.69) is 4.98 Å². The van der Waals surface area contributed by atoms with Crippen molar-refractivity contribution in [2.45, 2.75) is 6.42 Å². The second-order valence-corrected chi connectivity index (χ2v) is 4.46. The molecule has 9 heteroatoms. The summed E-state index contributed by atoms with van der Waals surface area (Å²) in [6, 6.07) is 0.961. The summed E-state index contributed by atoms with van der Waals surface area (Å²) in [7, 11) is 0. The van der Waals surface area contributed by atoms with E-state index in [1.807, 2.05) is 0 Å². The van der Waals surface area contributed by atoms with Gasteiger partial charge in [-0.15, -0.1) is 0 Å². The van der Waals surface area contributed by atoms with Crippen LogP contribution in [0.3, 0.4) is 0 Å². The van der Waals surface area contributed by atoms with Gasteiger partial charge in [-0.3, -0.25) is 14.9 Å². The van der Waals surface area contributed by atoms with E-state index >= 15 is 0 Å². The molecule has 1 aromatic heterocycles. The quantitative estimate of drug-likeness (QED) is 0.584. The van der Waals surface area contributed by atoms with Crippen molar-refractivity contribution in [3.8, 4) is 0 Å². The Balaban J connectivity index is 2.35. The number of nitrogens with zero attached hydrogens (tertiary/aromatic N) is 3. The molecule has 0 aliphatic carbocycles. The zero-order valence-corrected chi connectivity index (χ0v) is 10.4. The molecule has 1 fully saturated rings. The largest absolute Gasteiger partial charge is 0.478 e. The highest BCUT2D eigenvalue weighted by atomic mass is 16.6. The monoisotopic (exact) mass is 280 g/mol. The maximum Gasteiger partial charge on any atom is 0.339 e. The Morgan fingerprint density at radius 3 is 2.75 bits per heavy atom. The first-order valence-electron chi connectivity index (χ1n) is 5.82. The van der Waals surface area contributed by atoms with Gasteiger partial charge in [-0.1, -0.05) is 0 Å². The van der Waals surface area contributed by atoms with Gasteiger partial charge in [-0.05, 0) is 6.42 Å². The van der Waals surface area contributed by atoms with Crippen molar-refractivity contribution in [1.82, 2.24) is 4.98 Å². The highest BCUT2D eigenvalue weighted by Crippen LogP contribution is 2.27. The molecule has 20 heavy (non-hydrogen) atoms. The van der Waals surface area contributed by atoms with Crippen LogP contribution in [0.4, 0.5) is 11.5 Å². The third kappa shape index (κ3) is 2.51. The van der Waals surface area contributed by atoms with Crippen LogP contribution in [0, 0.1) is 16.0 Å². The lowest BCUT2D eigenvalue weighted by Crippen LogP contribution is -2.28. The third-order valence-corrected chi connectivity index (χ3v) is 3.18. The number of carbonyl (C=O) groups is 2. The Morgan fingerprint density at radius 2 is 2.25 bits per heavy atom. The summed E-state index contributed by atoms with van der Waals surface area (Å²) in [5.41, 5.74) is 4.56. The van der Waals surface area contributed by atoms with Crippen molar-refractivity contribution in [3.63, 3.8) is 0 Å². The second kappa shape index (κ2) is 5.11. The zero-order chi connectivity index (χ0) is 14.9. The third-order valence-electron chi connectivity index (χ3n) is 3.18. The number of carbonyl (C=O) groups excluding carboxylic acids is 1. The van der Waals surface area contributed by atoms with E-state index in [-0.39, 0.29) is 23.8 Å². The number of hydrogen-bond donors (Lipinski definition) is 2. The van der Waals surface area contributed by atoms with Crippen molar-refractivity contribution in [3.05, 3.63) is 27.9 Å². The number of hydrogen-bond acceptors (Lipinski definition) is 6. The molecule has 2 heterocycles. The van der Waals surface area contributed by atoms with Crippen molar-refractivity contribution in [2.75, 3.05) is 18.0 Å². The topological polar surface area (TPSA) is 140 Å². The maximum atomic E-state index is 11.2. The molecule has 1 aromatic rings. The first kappa shape index (κ1) is 13.7. The summed E-state index contributed by atoms with van der Waals surface area (Å²) in [6.45, 7) is 0.694. The minimum Gasteiger partial charge on any atom is -0.478 e. The van der Waals surface area contributed by atoms with Crippen LogP contribution in [0.1, 0.15) is 16.8 Å². The van der Waals surface area contributed by atoms with Crippen molar-refractivity contribution < 1.29 is 19.6 Å². The summed E-state index contributed by atoms with van der Waals surface area (Å²) in [6.07, 6.45) is 1.51. The van der Waals surface area contributed by atoms with Crippen LogP contribution < -0.4 is 10.6 Å². The van der Waals surface area contributed by atoms with Gasteiger partial charge in [0.2, 0.25) is 5.91 Å². The summed E-state index contributed by atoms with van der Waals surface area (Å²) in [5.74, 6) is -2.01. The molecule has 1 saturated heterocycles. The van der Waals surface area contributed by atoms with Crippen molar-refractivity contribution >= 4 is 23.4 Å². The standard InChI is InChI=1S/C11H12N4O5/c12-9(16)6-1-2-14(5-6)10-8(11(17)18)3-7(4-13-10)15(19)20/h3-4,6H,1-2,5H2,(H2,12,16)(H,17,18). The molecule has 1 amide bonds. The van der Waals surface area contributed by atoms with Gasteiger partial charge in [0.05, 0.1) is 10.8 Å². The first-order valence-corrected chi connectivity index (χ1v) is 5.82. The predicted octanol–water partition coefficient (Wildman–Crippen LogP) is -0.000400. The number of amides is 1. The number of carboxylic acid groups (broad SMARTS) is 1. The molecule has 0 aromatic carbocycles. The number of rotatable bonds is 4. The summed E-state index contributed by atoms with van der Waals surface area (Å²) in [4.78, 5) is 37.7. The van der Waals surface area contributed by atoms with Crippen molar-refractivity contribution in [2.24, 2.45) is 11.7 Å². The molecule has 1 aliphatic heterocycles. The molecule has 1 unspecified atom stereocenters. The SMILES string of the molecule is NC(=O)C1CCN(c2ncc([N+](=O)[O-])cc2C(=O)O)C1. The fraction of sp³-hybridized carbons (Fsp3) is 0.364. The fourth-order valence-corrected chi connectivity index (χ4v) is 2.14. The van der Waals surface area contributed by atoms with Crippen LogP contribution in [0.25, 0.3) is 0 Å². The lowest BCUT2D eigenvalue weighted by atomic mass is 10.1. The molecular formula is C11H12N4O5. The van der Waals surface area contributed by atoms with Crippen molar-refractivity contribution in [1.29, 1.82) is 0 Å². The van der Waals surface area contributed by atoms with Gasteiger partial charge in [0, 0.05) is 19.2 Å². The molecule has 0 saturated carbocycles. The number of nitro groups is 1. The molecular weight excluding hydrogens is 268 g/mol. The molecule has 2 rings (SSSR count). The van der Waals surface area contributed by atoms with Crippen LogP contribution in [0.2, 0.25) is 0 Å². The van der Waals surface area contributed by atoms with E-state index in [4.69, 9.17) is 10.8 Å². The summed E-state index contributed by atoms with van der Waals surface area (Å²) in [5, 5.41) is 19.8. The van der Waals surface area contributed by atoms with E-state index in [0.717, 1.165) is 12.3 Å². The Bertz CT molecular complexity index is 588. The number of carboxylic acids is 1. The number of nitrogens with two attached hydrogens (primary N) is 1. The van der Waals surface area contributed by atoms with Crippen LogP contribution in [0.15, 0.2) is 12.3 Å². The second-order valence-electron chi connectivity index (χ2n) is 4.46. The fourth-order valence-electron chi connectivity index (χ4n) is 2.14. The molecule has 0 radical (unpaired) electrons. The minimum absolute atomic E-state index is 0.117. The van der Waals surface area contributed by atoms with Crippen LogP contribution in [-0.4, -0.2) is 40.0 Å². The van der Waals surface area contributed by atoms with E-state index in [9.17, 15) is 19.7 Å². The zero-order valence-electron chi connectivity index (χ0n) is 10.4. The molecule has 1 atom stereocenters. The molecule has 9 nitrogen and oxygen atoms in total. The lowest BCUT2D eigenvalue weighted by Gasteiger charge is -2.18. The average Bonchev–Trinajstić information content (AvgIpc) is 2.87.